The molecule has 0 saturated carbocycles. The van der Waals surface area contributed by atoms with E-state index in [-0.39, 0.29) is 11.9 Å². The third kappa shape index (κ3) is 5.32. The van der Waals surface area contributed by atoms with E-state index in [2.05, 4.69) is 11.8 Å². The summed E-state index contributed by atoms with van der Waals surface area (Å²) in [4.78, 5) is 14.8. The van der Waals surface area contributed by atoms with Gasteiger partial charge in [-0.3, -0.25) is 4.79 Å². The summed E-state index contributed by atoms with van der Waals surface area (Å²) in [6.07, 6.45) is 2.33. The first-order valence-electron chi connectivity index (χ1n) is 9.87. The maximum Gasteiger partial charge on any atom is 0.310 e. The van der Waals surface area contributed by atoms with Crippen LogP contribution in [0.5, 0.6) is 0 Å². The molecular weight excluding hydrogens is 362 g/mol. The molecule has 0 bridgehead atoms. The number of benzene rings is 1. The van der Waals surface area contributed by atoms with Crippen LogP contribution in [-0.4, -0.2) is 50.3 Å². The Balaban J connectivity index is 1.92. The standard InChI is InChI=1S/C21H33NO4S/c1-5-26-20(23)19-16-22(15-12-17(19)2)14-9-13-21(3,4)27(24,25)18-10-7-6-8-11-18/h6-8,10-11,17,19H,5,9,12-16H2,1-4H3/t17-,19+/m1/s1. The molecule has 1 aliphatic heterocycles. The fraction of sp³-hybridized carbons (Fsp3) is 0.667. The highest BCUT2D eigenvalue weighted by Crippen LogP contribution is 2.30. The number of hydrogen-bond donors (Lipinski definition) is 0. The second kappa shape index (κ2) is 9.20. The molecule has 0 unspecified atom stereocenters. The van der Waals surface area contributed by atoms with Crippen LogP contribution in [0.25, 0.3) is 0 Å². The lowest BCUT2D eigenvalue weighted by Crippen LogP contribution is -2.44. The van der Waals surface area contributed by atoms with Gasteiger partial charge in [0.2, 0.25) is 0 Å². The van der Waals surface area contributed by atoms with Gasteiger partial charge in [-0.15, -0.1) is 0 Å². The van der Waals surface area contributed by atoms with Gasteiger partial charge in [0.25, 0.3) is 0 Å². The lowest BCUT2D eigenvalue weighted by atomic mass is 9.87. The van der Waals surface area contributed by atoms with Crippen molar-refractivity contribution in [3.05, 3.63) is 30.3 Å². The first-order valence-corrected chi connectivity index (χ1v) is 11.4. The van der Waals surface area contributed by atoms with E-state index in [0.717, 1.165) is 25.9 Å². The van der Waals surface area contributed by atoms with Crippen molar-refractivity contribution in [3.63, 3.8) is 0 Å². The van der Waals surface area contributed by atoms with E-state index in [1.807, 2.05) is 13.0 Å². The second-order valence-electron chi connectivity index (χ2n) is 8.10. The molecule has 2 rings (SSSR count). The summed E-state index contributed by atoms with van der Waals surface area (Å²) in [5, 5.41) is 0. The number of carbonyl (C=O) groups excluding carboxylic acids is 1. The van der Waals surface area contributed by atoms with Crippen molar-refractivity contribution in [2.24, 2.45) is 11.8 Å². The van der Waals surface area contributed by atoms with Crippen molar-refractivity contribution in [1.29, 1.82) is 0 Å². The minimum atomic E-state index is -3.37. The van der Waals surface area contributed by atoms with E-state index in [4.69, 9.17) is 4.74 Å². The Morgan fingerprint density at radius 1 is 1.26 bits per heavy atom. The minimum absolute atomic E-state index is 0.0836. The van der Waals surface area contributed by atoms with Crippen LogP contribution in [0.2, 0.25) is 0 Å². The van der Waals surface area contributed by atoms with Crippen LogP contribution in [0.1, 0.15) is 47.0 Å². The average molecular weight is 396 g/mol. The highest BCUT2D eigenvalue weighted by molar-refractivity contribution is 7.92. The van der Waals surface area contributed by atoms with E-state index in [1.165, 1.54) is 0 Å². The molecule has 27 heavy (non-hydrogen) atoms. The van der Waals surface area contributed by atoms with Gasteiger partial charge in [0.1, 0.15) is 0 Å². The van der Waals surface area contributed by atoms with E-state index in [0.29, 0.717) is 30.4 Å². The third-order valence-corrected chi connectivity index (χ3v) is 8.22. The van der Waals surface area contributed by atoms with Gasteiger partial charge in [0.05, 0.1) is 22.2 Å². The summed E-state index contributed by atoms with van der Waals surface area (Å²) in [6.45, 7) is 10.4. The van der Waals surface area contributed by atoms with Crippen molar-refractivity contribution >= 4 is 15.8 Å². The van der Waals surface area contributed by atoms with E-state index < -0.39 is 14.6 Å². The summed E-state index contributed by atoms with van der Waals surface area (Å²) < 4.78 is 30.2. The van der Waals surface area contributed by atoms with E-state index in [1.54, 1.807) is 38.1 Å². The maximum absolute atomic E-state index is 12.9. The Labute approximate surface area is 164 Å². The van der Waals surface area contributed by atoms with Crippen molar-refractivity contribution < 1.29 is 17.9 Å². The van der Waals surface area contributed by atoms with Crippen LogP contribution in [0.4, 0.5) is 0 Å². The monoisotopic (exact) mass is 395 g/mol. The molecule has 1 aromatic rings. The first-order chi connectivity index (χ1) is 12.7. The topological polar surface area (TPSA) is 63.7 Å². The van der Waals surface area contributed by atoms with Gasteiger partial charge in [-0.05, 0) is 71.2 Å². The number of sulfone groups is 1. The highest BCUT2D eigenvalue weighted by Gasteiger charge is 2.36. The van der Waals surface area contributed by atoms with Crippen LogP contribution < -0.4 is 0 Å². The van der Waals surface area contributed by atoms with E-state index in [9.17, 15) is 13.2 Å². The number of hydrogen-bond acceptors (Lipinski definition) is 5. The molecule has 1 fully saturated rings. The SMILES string of the molecule is CCOC(=O)[C@H]1CN(CCCC(C)(C)S(=O)(=O)c2ccccc2)CC[C@H]1C. The minimum Gasteiger partial charge on any atom is -0.466 e. The summed E-state index contributed by atoms with van der Waals surface area (Å²) >= 11 is 0. The molecule has 152 valence electrons. The molecule has 1 saturated heterocycles. The molecule has 0 amide bonds. The van der Waals surface area contributed by atoms with Crippen molar-refractivity contribution in [3.8, 4) is 0 Å². The Morgan fingerprint density at radius 2 is 1.93 bits per heavy atom. The van der Waals surface area contributed by atoms with E-state index >= 15 is 0 Å². The van der Waals surface area contributed by atoms with Crippen LogP contribution in [0, 0.1) is 11.8 Å². The molecule has 0 radical (unpaired) electrons. The molecule has 0 aromatic heterocycles. The third-order valence-electron chi connectivity index (χ3n) is 5.67. The van der Waals surface area contributed by atoms with Gasteiger partial charge in [-0.25, -0.2) is 8.42 Å². The molecular formula is C21H33NO4S. The molecule has 2 atom stereocenters. The van der Waals surface area contributed by atoms with Crippen LogP contribution in [0.15, 0.2) is 35.2 Å². The Kier molecular flexibility index (Phi) is 7.46. The Bertz CT molecular complexity index is 715. The number of ether oxygens (including phenoxy) is 1. The molecule has 1 aliphatic rings. The number of rotatable bonds is 8. The fourth-order valence-electron chi connectivity index (χ4n) is 3.68. The summed E-state index contributed by atoms with van der Waals surface area (Å²) in [5.74, 6) is 0.136. The lowest BCUT2D eigenvalue weighted by Gasteiger charge is -2.36. The van der Waals surface area contributed by atoms with Gasteiger partial charge in [0.15, 0.2) is 9.84 Å². The maximum atomic E-state index is 12.9. The molecule has 0 N–H and O–H groups in total. The first kappa shape index (κ1) is 21.9. The summed E-state index contributed by atoms with van der Waals surface area (Å²) in [7, 11) is -3.37. The Morgan fingerprint density at radius 3 is 2.56 bits per heavy atom. The van der Waals surface area contributed by atoms with Crippen molar-refractivity contribution in [2.45, 2.75) is 56.6 Å². The van der Waals surface area contributed by atoms with Gasteiger partial charge < -0.3 is 9.64 Å². The molecule has 1 heterocycles. The number of piperidine rings is 1. The number of likely N-dealkylation sites (tertiary alicyclic amines) is 1. The largest absolute Gasteiger partial charge is 0.466 e. The van der Waals surface area contributed by atoms with Gasteiger partial charge in [0, 0.05) is 6.54 Å². The molecule has 5 nitrogen and oxygen atoms in total. The van der Waals surface area contributed by atoms with Gasteiger partial charge in [-0.1, -0.05) is 25.1 Å². The molecule has 0 spiro atoms. The molecule has 0 aliphatic carbocycles. The van der Waals surface area contributed by atoms with Crippen LogP contribution >= 0.6 is 0 Å². The molecule has 6 heteroatoms. The van der Waals surface area contributed by atoms with Crippen molar-refractivity contribution in [1.82, 2.24) is 4.90 Å². The zero-order chi connectivity index (χ0) is 20.1. The smallest absolute Gasteiger partial charge is 0.310 e. The fourth-order valence-corrected chi connectivity index (χ4v) is 5.24. The number of esters is 1. The number of nitrogens with zero attached hydrogens (tertiary/aromatic N) is 1. The van der Waals surface area contributed by atoms with Crippen LogP contribution in [0.3, 0.4) is 0 Å². The average Bonchev–Trinajstić information content (AvgIpc) is 2.63. The zero-order valence-corrected chi connectivity index (χ0v) is 17.8. The molecule has 1 aromatic carbocycles. The summed E-state index contributed by atoms with van der Waals surface area (Å²) in [6, 6.07) is 8.66. The predicted octanol–water partition coefficient (Wildman–Crippen LogP) is 3.54. The van der Waals surface area contributed by atoms with Crippen molar-refractivity contribution in [2.75, 3.05) is 26.2 Å². The normalized spacial score (nSPS) is 21.8. The second-order valence-corrected chi connectivity index (χ2v) is 10.7. The quantitative estimate of drug-likeness (QED) is 0.630. The van der Waals surface area contributed by atoms with Gasteiger partial charge in [-0.2, -0.15) is 0 Å². The number of carbonyl (C=O) groups is 1. The zero-order valence-electron chi connectivity index (χ0n) is 17.0. The summed E-state index contributed by atoms with van der Waals surface area (Å²) in [5.41, 5.74) is 0. The highest BCUT2D eigenvalue weighted by atomic mass is 32.2. The van der Waals surface area contributed by atoms with Crippen LogP contribution in [-0.2, 0) is 19.4 Å². The van der Waals surface area contributed by atoms with Gasteiger partial charge >= 0.3 is 5.97 Å². The Hall–Kier alpha value is -1.40. The lowest BCUT2D eigenvalue weighted by molar-refractivity contribution is -0.152. The predicted molar refractivity (Wildman–Crippen MR) is 107 cm³/mol.